The van der Waals surface area contributed by atoms with Crippen LogP contribution in [0.2, 0.25) is 0 Å². The Morgan fingerprint density at radius 1 is 1.19 bits per heavy atom. The Hall–Kier alpha value is -2.40. The SMILES string of the molecule is Cn1cncc1CN1CCC2(CC1)CC(=O)N(CC=Cc1ccccc1)C2. The average molecular weight is 364 g/mol. The molecule has 27 heavy (non-hydrogen) atoms. The number of aryl methyl sites for hydroxylation is 1. The number of carbonyl (C=O) groups excluding carboxylic acids is 1. The van der Waals surface area contributed by atoms with Gasteiger partial charge in [0.25, 0.3) is 0 Å². The summed E-state index contributed by atoms with van der Waals surface area (Å²) in [7, 11) is 2.05. The predicted molar refractivity (Wildman–Crippen MR) is 107 cm³/mol. The molecule has 2 saturated heterocycles. The normalized spacial score (nSPS) is 20.2. The van der Waals surface area contributed by atoms with Crippen molar-refractivity contribution in [2.45, 2.75) is 25.8 Å². The molecule has 142 valence electrons. The van der Waals surface area contributed by atoms with Gasteiger partial charge in [-0.15, -0.1) is 0 Å². The number of likely N-dealkylation sites (tertiary alicyclic amines) is 2. The highest BCUT2D eigenvalue weighted by Gasteiger charge is 2.44. The van der Waals surface area contributed by atoms with Crippen LogP contribution in [0.15, 0.2) is 48.9 Å². The smallest absolute Gasteiger partial charge is 0.223 e. The van der Waals surface area contributed by atoms with Gasteiger partial charge in [-0.05, 0) is 36.9 Å². The van der Waals surface area contributed by atoms with E-state index in [1.54, 1.807) is 0 Å². The summed E-state index contributed by atoms with van der Waals surface area (Å²) in [4.78, 5) is 21.3. The van der Waals surface area contributed by atoms with Gasteiger partial charge in [-0.2, -0.15) is 0 Å². The first kappa shape index (κ1) is 18.0. The van der Waals surface area contributed by atoms with Crippen molar-refractivity contribution in [1.29, 1.82) is 0 Å². The molecule has 4 rings (SSSR count). The monoisotopic (exact) mass is 364 g/mol. The molecule has 1 spiro atoms. The highest BCUT2D eigenvalue weighted by molar-refractivity contribution is 5.79. The number of rotatable bonds is 5. The Morgan fingerprint density at radius 2 is 1.96 bits per heavy atom. The van der Waals surface area contributed by atoms with Crippen molar-refractivity contribution >= 4 is 12.0 Å². The molecule has 0 unspecified atom stereocenters. The van der Waals surface area contributed by atoms with Crippen molar-refractivity contribution in [1.82, 2.24) is 19.4 Å². The van der Waals surface area contributed by atoms with Crippen LogP contribution in [0.1, 0.15) is 30.5 Å². The van der Waals surface area contributed by atoms with E-state index in [2.05, 4.69) is 38.7 Å². The van der Waals surface area contributed by atoms with Gasteiger partial charge in [0, 0.05) is 39.3 Å². The Morgan fingerprint density at radius 3 is 2.67 bits per heavy atom. The number of benzene rings is 1. The number of hydrogen-bond acceptors (Lipinski definition) is 3. The fourth-order valence-corrected chi connectivity index (χ4v) is 4.31. The molecule has 2 aliphatic heterocycles. The van der Waals surface area contributed by atoms with Crippen LogP contribution < -0.4 is 0 Å². The van der Waals surface area contributed by atoms with Crippen LogP contribution in [0.3, 0.4) is 0 Å². The standard InChI is InChI=1S/C22H28N4O/c1-24-18-23-15-20(24)16-25-12-9-22(10-13-25)14-21(27)26(17-22)11-5-8-19-6-3-2-4-7-19/h2-8,15,18H,9-14,16-17H2,1H3. The van der Waals surface area contributed by atoms with Gasteiger partial charge in [-0.25, -0.2) is 4.98 Å². The highest BCUT2D eigenvalue weighted by atomic mass is 16.2. The molecule has 0 N–H and O–H groups in total. The summed E-state index contributed by atoms with van der Waals surface area (Å²) in [5, 5.41) is 0. The summed E-state index contributed by atoms with van der Waals surface area (Å²) in [5.74, 6) is 0.313. The predicted octanol–water partition coefficient (Wildman–Crippen LogP) is 2.95. The van der Waals surface area contributed by atoms with Gasteiger partial charge < -0.3 is 9.47 Å². The van der Waals surface area contributed by atoms with Crippen LogP contribution >= 0.6 is 0 Å². The second kappa shape index (κ2) is 7.69. The van der Waals surface area contributed by atoms with Gasteiger partial charge in [-0.1, -0.05) is 42.5 Å². The lowest BCUT2D eigenvalue weighted by Crippen LogP contribution is -2.41. The van der Waals surface area contributed by atoms with Gasteiger partial charge >= 0.3 is 0 Å². The lowest BCUT2D eigenvalue weighted by atomic mass is 9.77. The van der Waals surface area contributed by atoms with Gasteiger partial charge in [-0.3, -0.25) is 9.69 Å². The summed E-state index contributed by atoms with van der Waals surface area (Å²) < 4.78 is 2.09. The Labute approximate surface area is 161 Å². The van der Waals surface area contributed by atoms with E-state index >= 15 is 0 Å². The number of imidazole rings is 1. The maximum atomic E-state index is 12.5. The molecule has 0 atom stereocenters. The fourth-order valence-electron chi connectivity index (χ4n) is 4.31. The van der Waals surface area contributed by atoms with Crippen molar-refractivity contribution in [3.05, 3.63) is 60.2 Å². The Bertz CT molecular complexity index is 803. The minimum Gasteiger partial charge on any atom is -0.338 e. The van der Waals surface area contributed by atoms with Gasteiger partial charge in [0.1, 0.15) is 0 Å². The summed E-state index contributed by atoms with van der Waals surface area (Å²) in [5.41, 5.74) is 2.61. The molecule has 1 amide bonds. The molecule has 5 heteroatoms. The average Bonchev–Trinajstić information content (AvgIpc) is 3.21. The highest BCUT2D eigenvalue weighted by Crippen LogP contribution is 2.41. The third-order valence-electron chi connectivity index (χ3n) is 6.06. The van der Waals surface area contributed by atoms with E-state index in [0.29, 0.717) is 18.9 Å². The topological polar surface area (TPSA) is 41.4 Å². The first-order valence-corrected chi connectivity index (χ1v) is 9.81. The molecule has 1 aromatic heterocycles. The van der Waals surface area contributed by atoms with Crippen LogP contribution in [-0.2, 0) is 18.4 Å². The van der Waals surface area contributed by atoms with Gasteiger partial charge in [0.05, 0.1) is 12.0 Å². The first-order valence-electron chi connectivity index (χ1n) is 9.81. The molecule has 2 fully saturated rings. The zero-order valence-corrected chi connectivity index (χ0v) is 16.1. The lowest BCUT2D eigenvalue weighted by molar-refractivity contribution is -0.127. The van der Waals surface area contributed by atoms with E-state index in [9.17, 15) is 4.79 Å². The van der Waals surface area contributed by atoms with Crippen LogP contribution in [0, 0.1) is 5.41 Å². The van der Waals surface area contributed by atoms with E-state index in [0.717, 1.165) is 39.0 Å². The van der Waals surface area contributed by atoms with E-state index in [1.807, 2.05) is 42.7 Å². The van der Waals surface area contributed by atoms with Crippen LogP contribution in [0.25, 0.3) is 6.08 Å². The number of amides is 1. The number of piperidine rings is 1. The maximum absolute atomic E-state index is 12.5. The number of carbonyl (C=O) groups is 1. The molecule has 2 aromatic rings. The van der Waals surface area contributed by atoms with Crippen LogP contribution in [0.5, 0.6) is 0 Å². The molecular formula is C22H28N4O. The Kier molecular flexibility index (Phi) is 5.12. The third-order valence-corrected chi connectivity index (χ3v) is 6.06. The molecule has 0 radical (unpaired) electrons. The molecule has 0 saturated carbocycles. The largest absolute Gasteiger partial charge is 0.338 e. The van der Waals surface area contributed by atoms with Gasteiger partial charge in [0.15, 0.2) is 0 Å². The first-order chi connectivity index (χ1) is 13.1. The minimum atomic E-state index is 0.181. The molecule has 3 heterocycles. The second-order valence-corrected chi connectivity index (χ2v) is 8.04. The van der Waals surface area contributed by atoms with E-state index in [4.69, 9.17) is 0 Å². The second-order valence-electron chi connectivity index (χ2n) is 8.04. The van der Waals surface area contributed by atoms with Crippen molar-refractivity contribution < 1.29 is 4.79 Å². The van der Waals surface area contributed by atoms with Gasteiger partial charge in [0.2, 0.25) is 5.91 Å². The zero-order valence-electron chi connectivity index (χ0n) is 16.1. The molecule has 5 nitrogen and oxygen atoms in total. The molecular weight excluding hydrogens is 336 g/mol. The summed E-state index contributed by atoms with van der Waals surface area (Å²) >= 11 is 0. The maximum Gasteiger partial charge on any atom is 0.223 e. The van der Waals surface area contributed by atoms with E-state index in [-0.39, 0.29) is 5.41 Å². The minimum absolute atomic E-state index is 0.181. The zero-order chi connectivity index (χ0) is 18.7. The van der Waals surface area contributed by atoms with Crippen LogP contribution in [-0.4, -0.2) is 51.4 Å². The van der Waals surface area contributed by atoms with Crippen molar-refractivity contribution in [2.24, 2.45) is 12.5 Å². The Balaban J connectivity index is 1.30. The number of hydrogen-bond donors (Lipinski definition) is 0. The molecule has 2 aliphatic rings. The molecule has 0 aliphatic carbocycles. The fraction of sp³-hybridized carbons (Fsp3) is 0.455. The number of aromatic nitrogens is 2. The van der Waals surface area contributed by atoms with Crippen LogP contribution in [0.4, 0.5) is 0 Å². The van der Waals surface area contributed by atoms with E-state index in [1.165, 1.54) is 11.3 Å². The van der Waals surface area contributed by atoms with Crippen molar-refractivity contribution in [3.63, 3.8) is 0 Å². The third kappa shape index (κ3) is 4.14. The summed E-state index contributed by atoms with van der Waals surface area (Å²) in [6.45, 7) is 4.70. The quantitative estimate of drug-likeness (QED) is 0.819. The lowest BCUT2D eigenvalue weighted by Gasteiger charge is -2.38. The van der Waals surface area contributed by atoms with Crippen molar-refractivity contribution in [2.75, 3.05) is 26.2 Å². The summed E-state index contributed by atoms with van der Waals surface area (Å²) in [6, 6.07) is 10.3. The number of nitrogens with zero attached hydrogens (tertiary/aromatic N) is 4. The van der Waals surface area contributed by atoms with E-state index < -0.39 is 0 Å². The molecule has 1 aromatic carbocycles. The van der Waals surface area contributed by atoms with Crippen molar-refractivity contribution in [3.8, 4) is 0 Å². The summed E-state index contributed by atoms with van der Waals surface area (Å²) in [6.07, 6.45) is 11.0. The molecule has 0 bridgehead atoms.